The molecule has 0 spiro atoms. The molecule has 1 amide bonds. The predicted octanol–water partition coefficient (Wildman–Crippen LogP) is 1.23. The number of hydrogen-bond donors (Lipinski definition) is 2. The SMILES string of the molecule is CCOC1CC(N)(C(=O)N(CC)C(C)CC(=O)O)C1(C)C. The van der Waals surface area contributed by atoms with E-state index in [1.54, 1.807) is 11.8 Å². The monoisotopic (exact) mass is 300 g/mol. The third-order valence-electron chi connectivity index (χ3n) is 4.82. The van der Waals surface area contributed by atoms with Crippen LogP contribution in [0.3, 0.4) is 0 Å². The molecule has 0 heterocycles. The average Bonchev–Trinajstić information content (AvgIpc) is 2.37. The second-order valence-electron chi connectivity index (χ2n) is 6.38. The Labute approximate surface area is 126 Å². The summed E-state index contributed by atoms with van der Waals surface area (Å²) in [7, 11) is 0. The number of carboxylic acids is 1. The summed E-state index contributed by atoms with van der Waals surface area (Å²) in [6.45, 7) is 10.4. The van der Waals surface area contributed by atoms with Gasteiger partial charge in [0.1, 0.15) is 5.54 Å². The molecule has 122 valence electrons. The van der Waals surface area contributed by atoms with Crippen molar-refractivity contribution >= 4 is 11.9 Å². The summed E-state index contributed by atoms with van der Waals surface area (Å²) in [6, 6.07) is -0.373. The van der Waals surface area contributed by atoms with E-state index in [2.05, 4.69) is 0 Å². The van der Waals surface area contributed by atoms with Crippen LogP contribution in [0.1, 0.15) is 47.5 Å². The minimum absolute atomic E-state index is 0.0371. The average molecular weight is 300 g/mol. The van der Waals surface area contributed by atoms with Crippen molar-refractivity contribution in [3.05, 3.63) is 0 Å². The Hall–Kier alpha value is -1.14. The largest absolute Gasteiger partial charge is 0.481 e. The molecule has 0 aromatic carbocycles. The Morgan fingerprint density at radius 2 is 2.00 bits per heavy atom. The van der Waals surface area contributed by atoms with Crippen LogP contribution in [0.4, 0.5) is 0 Å². The highest BCUT2D eigenvalue weighted by atomic mass is 16.5. The zero-order valence-electron chi connectivity index (χ0n) is 13.7. The Balaban J connectivity index is 2.88. The Morgan fingerprint density at radius 1 is 1.43 bits per heavy atom. The lowest BCUT2D eigenvalue weighted by Crippen LogP contribution is -2.76. The van der Waals surface area contributed by atoms with E-state index in [0.717, 1.165) is 0 Å². The number of hydrogen-bond acceptors (Lipinski definition) is 4. The van der Waals surface area contributed by atoms with Gasteiger partial charge in [-0.3, -0.25) is 9.59 Å². The van der Waals surface area contributed by atoms with Gasteiger partial charge < -0.3 is 20.5 Å². The van der Waals surface area contributed by atoms with Crippen molar-refractivity contribution in [1.82, 2.24) is 4.90 Å². The molecule has 1 saturated carbocycles. The molecule has 6 heteroatoms. The minimum Gasteiger partial charge on any atom is -0.481 e. The van der Waals surface area contributed by atoms with Crippen LogP contribution in [0.2, 0.25) is 0 Å². The maximum absolute atomic E-state index is 12.8. The minimum atomic E-state index is -0.990. The van der Waals surface area contributed by atoms with Crippen molar-refractivity contribution < 1.29 is 19.4 Å². The van der Waals surface area contributed by atoms with E-state index in [9.17, 15) is 9.59 Å². The molecular formula is C15H28N2O4. The van der Waals surface area contributed by atoms with Crippen molar-refractivity contribution in [2.45, 2.75) is 65.1 Å². The molecule has 0 aromatic heterocycles. The third-order valence-corrected chi connectivity index (χ3v) is 4.82. The van der Waals surface area contributed by atoms with Gasteiger partial charge in [-0.15, -0.1) is 0 Å². The first-order valence-electron chi connectivity index (χ1n) is 7.55. The van der Waals surface area contributed by atoms with Crippen LogP contribution in [0, 0.1) is 5.41 Å². The van der Waals surface area contributed by atoms with E-state index < -0.39 is 16.9 Å². The predicted molar refractivity (Wildman–Crippen MR) is 79.8 cm³/mol. The molecule has 3 N–H and O–H groups in total. The second-order valence-corrected chi connectivity index (χ2v) is 6.38. The van der Waals surface area contributed by atoms with Crippen LogP contribution in [0.15, 0.2) is 0 Å². The second kappa shape index (κ2) is 6.32. The highest BCUT2D eigenvalue weighted by molar-refractivity contribution is 5.89. The number of carbonyl (C=O) groups excluding carboxylic acids is 1. The topological polar surface area (TPSA) is 92.9 Å². The molecule has 21 heavy (non-hydrogen) atoms. The number of carbonyl (C=O) groups is 2. The molecule has 1 aliphatic rings. The van der Waals surface area contributed by atoms with E-state index in [1.165, 1.54) is 0 Å². The Morgan fingerprint density at radius 3 is 2.38 bits per heavy atom. The summed E-state index contributed by atoms with van der Waals surface area (Å²) >= 11 is 0. The van der Waals surface area contributed by atoms with Gasteiger partial charge in [-0.05, 0) is 20.8 Å². The van der Waals surface area contributed by atoms with Crippen molar-refractivity contribution in [2.75, 3.05) is 13.2 Å². The highest BCUT2D eigenvalue weighted by Gasteiger charge is 2.63. The fraction of sp³-hybridized carbons (Fsp3) is 0.867. The molecule has 0 bridgehead atoms. The lowest BCUT2D eigenvalue weighted by Gasteiger charge is -2.59. The molecule has 0 saturated heterocycles. The van der Waals surface area contributed by atoms with E-state index in [1.807, 2.05) is 27.7 Å². The van der Waals surface area contributed by atoms with Gasteiger partial charge >= 0.3 is 5.97 Å². The van der Waals surface area contributed by atoms with Crippen LogP contribution >= 0.6 is 0 Å². The van der Waals surface area contributed by atoms with Gasteiger partial charge in [0.2, 0.25) is 5.91 Å². The number of rotatable bonds is 7. The Kier molecular flexibility index (Phi) is 5.39. The van der Waals surface area contributed by atoms with E-state index in [4.69, 9.17) is 15.6 Å². The van der Waals surface area contributed by atoms with Crippen molar-refractivity contribution in [3.63, 3.8) is 0 Å². The molecule has 1 fully saturated rings. The van der Waals surface area contributed by atoms with E-state index >= 15 is 0 Å². The van der Waals surface area contributed by atoms with E-state index in [-0.39, 0.29) is 24.5 Å². The van der Waals surface area contributed by atoms with Crippen LogP contribution < -0.4 is 5.73 Å². The smallest absolute Gasteiger partial charge is 0.305 e. The number of ether oxygens (including phenoxy) is 1. The van der Waals surface area contributed by atoms with E-state index in [0.29, 0.717) is 19.6 Å². The number of aliphatic carboxylic acids is 1. The van der Waals surface area contributed by atoms with Crippen LogP contribution in [0.25, 0.3) is 0 Å². The van der Waals surface area contributed by atoms with Gasteiger partial charge in [-0.1, -0.05) is 13.8 Å². The Bertz CT molecular complexity index is 410. The first kappa shape index (κ1) is 17.9. The third kappa shape index (κ3) is 3.06. The summed E-state index contributed by atoms with van der Waals surface area (Å²) in [4.78, 5) is 25.2. The summed E-state index contributed by atoms with van der Waals surface area (Å²) in [6.07, 6.45) is 0.360. The maximum atomic E-state index is 12.8. The first-order valence-corrected chi connectivity index (χ1v) is 7.55. The molecule has 1 rings (SSSR count). The van der Waals surface area contributed by atoms with Gasteiger partial charge in [0.15, 0.2) is 0 Å². The zero-order chi connectivity index (χ0) is 16.4. The van der Waals surface area contributed by atoms with Gasteiger partial charge in [0.05, 0.1) is 12.5 Å². The number of carboxylic acid groups (broad SMARTS) is 1. The van der Waals surface area contributed by atoms with Crippen LogP contribution in [0.5, 0.6) is 0 Å². The summed E-state index contributed by atoms with van der Waals surface area (Å²) in [5.41, 5.74) is 4.92. The lowest BCUT2D eigenvalue weighted by atomic mass is 9.54. The maximum Gasteiger partial charge on any atom is 0.305 e. The van der Waals surface area contributed by atoms with Crippen molar-refractivity contribution in [3.8, 4) is 0 Å². The number of likely N-dealkylation sites (N-methyl/N-ethyl adjacent to an activating group) is 1. The van der Waals surface area contributed by atoms with Crippen LogP contribution in [-0.2, 0) is 14.3 Å². The molecule has 1 aliphatic carbocycles. The van der Waals surface area contributed by atoms with Gasteiger partial charge in [0.25, 0.3) is 0 Å². The van der Waals surface area contributed by atoms with Gasteiger partial charge in [0, 0.05) is 31.0 Å². The molecule has 3 atom stereocenters. The lowest BCUT2D eigenvalue weighted by molar-refractivity contribution is -0.181. The van der Waals surface area contributed by atoms with Crippen molar-refractivity contribution in [2.24, 2.45) is 11.1 Å². The normalized spacial score (nSPS) is 28.6. The molecular weight excluding hydrogens is 272 g/mol. The summed E-state index contributed by atoms with van der Waals surface area (Å²) in [5.74, 6) is -1.10. The zero-order valence-corrected chi connectivity index (χ0v) is 13.7. The number of amides is 1. The number of nitrogens with two attached hydrogens (primary N) is 1. The van der Waals surface area contributed by atoms with Crippen molar-refractivity contribution in [1.29, 1.82) is 0 Å². The van der Waals surface area contributed by atoms with Gasteiger partial charge in [-0.25, -0.2) is 0 Å². The molecule has 0 aromatic rings. The summed E-state index contributed by atoms with van der Waals surface area (Å²) < 4.78 is 5.63. The fourth-order valence-electron chi connectivity index (χ4n) is 3.07. The molecule has 0 radical (unpaired) electrons. The quantitative estimate of drug-likeness (QED) is 0.737. The molecule has 6 nitrogen and oxygen atoms in total. The number of nitrogens with zero attached hydrogens (tertiary/aromatic N) is 1. The van der Waals surface area contributed by atoms with Crippen LogP contribution in [-0.4, -0.2) is 52.7 Å². The van der Waals surface area contributed by atoms with Gasteiger partial charge in [-0.2, -0.15) is 0 Å². The molecule has 0 aliphatic heterocycles. The summed E-state index contributed by atoms with van der Waals surface area (Å²) in [5, 5.41) is 8.91. The molecule has 3 unspecified atom stereocenters. The highest BCUT2D eigenvalue weighted by Crippen LogP contribution is 2.50. The standard InChI is InChI=1S/C15H28N2O4/c1-6-17(10(3)8-12(18)19)13(20)15(16)9-11(21-7-2)14(15,4)5/h10-11H,6-9,16H2,1-5H3,(H,18,19). The first-order chi connectivity index (χ1) is 9.61. The fourth-order valence-corrected chi connectivity index (χ4v) is 3.07.